The molecule has 2 aromatic heterocycles. The molecule has 0 aliphatic heterocycles. The monoisotopic (exact) mass is 422 g/mol. The van der Waals surface area contributed by atoms with Gasteiger partial charge in [-0.3, -0.25) is 9.59 Å². The summed E-state index contributed by atoms with van der Waals surface area (Å²) < 4.78 is 0.442. The predicted octanol–water partition coefficient (Wildman–Crippen LogP) is 3.64. The lowest BCUT2D eigenvalue weighted by Gasteiger charge is -1.99. The molecule has 0 spiro atoms. The summed E-state index contributed by atoms with van der Waals surface area (Å²) in [6.07, 6.45) is 3.00. The first-order chi connectivity index (χ1) is 13.1. The van der Waals surface area contributed by atoms with Gasteiger partial charge in [-0.2, -0.15) is 0 Å². The lowest BCUT2D eigenvalue weighted by atomic mass is 10.2. The van der Waals surface area contributed by atoms with Crippen LogP contribution in [0.4, 0.5) is 0 Å². The highest BCUT2D eigenvalue weighted by Crippen LogP contribution is 2.12. The molecule has 0 atom stereocenters. The normalized spacial score (nSPS) is 9.96. The maximum absolute atomic E-state index is 11.3. The van der Waals surface area contributed by atoms with Crippen molar-refractivity contribution in [3.63, 3.8) is 0 Å². The summed E-state index contributed by atoms with van der Waals surface area (Å²) in [7, 11) is 0. The highest BCUT2D eigenvalue weighted by molar-refractivity contribution is 9.10. The Morgan fingerprint density at radius 2 is 1.26 bits per heavy atom. The van der Waals surface area contributed by atoms with Crippen molar-refractivity contribution in [1.82, 2.24) is 19.9 Å². The van der Waals surface area contributed by atoms with Gasteiger partial charge in [0, 0.05) is 29.6 Å². The Bertz CT molecular complexity index is 1130. The zero-order chi connectivity index (χ0) is 19.1. The first-order valence-electron chi connectivity index (χ1n) is 8.04. The molecule has 0 saturated carbocycles. The molecule has 0 bridgehead atoms. The standard InChI is InChI=1S/C10H7BrN2O.C10H8N2O/c11-8-6-12-9(13-10(8)14)7-4-2-1-3-5-7;13-9-6-7-11-10(12-9)8-4-2-1-3-5-8/h1-6H,(H,12,13,14);1-7H,(H,11,12,13). The van der Waals surface area contributed by atoms with E-state index in [1.165, 1.54) is 18.5 Å². The van der Waals surface area contributed by atoms with E-state index in [9.17, 15) is 9.59 Å². The topological polar surface area (TPSA) is 91.5 Å². The van der Waals surface area contributed by atoms with Crippen LogP contribution in [0.15, 0.2) is 93.2 Å². The largest absolute Gasteiger partial charge is 0.307 e. The van der Waals surface area contributed by atoms with Gasteiger partial charge in [0.1, 0.15) is 16.1 Å². The fraction of sp³-hybridized carbons (Fsp3) is 0. The van der Waals surface area contributed by atoms with Crippen LogP contribution in [0.2, 0.25) is 0 Å². The van der Waals surface area contributed by atoms with Crippen LogP contribution in [0, 0.1) is 0 Å². The van der Waals surface area contributed by atoms with Gasteiger partial charge in [-0.1, -0.05) is 60.7 Å². The Kier molecular flexibility index (Phi) is 6.06. The number of hydrogen-bond donors (Lipinski definition) is 2. The first kappa shape index (κ1) is 18.5. The number of aromatic amines is 2. The molecule has 0 radical (unpaired) electrons. The van der Waals surface area contributed by atoms with Crippen molar-refractivity contribution < 1.29 is 0 Å². The molecular weight excluding hydrogens is 408 g/mol. The van der Waals surface area contributed by atoms with Gasteiger partial charge < -0.3 is 9.97 Å². The number of rotatable bonds is 2. The van der Waals surface area contributed by atoms with Crippen molar-refractivity contribution in [2.24, 2.45) is 0 Å². The molecule has 4 rings (SSSR count). The maximum atomic E-state index is 11.3. The number of nitrogens with one attached hydrogen (secondary N) is 2. The molecule has 6 nitrogen and oxygen atoms in total. The van der Waals surface area contributed by atoms with E-state index < -0.39 is 0 Å². The molecule has 0 fully saturated rings. The average Bonchev–Trinajstić information content (AvgIpc) is 2.72. The van der Waals surface area contributed by atoms with Crippen LogP contribution in [0.5, 0.6) is 0 Å². The first-order valence-corrected chi connectivity index (χ1v) is 8.84. The lowest BCUT2D eigenvalue weighted by Crippen LogP contribution is -2.08. The molecule has 7 heteroatoms. The van der Waals surface area contributed by atoms with E-state index in [-0.39, 0.29) is 11.1 Å². The second-order valence-corrected chi connectivity index (χ2v) is 6.28. The lowest BCUT2D eigenvalue weighted by molar-refractivity contribution is 1.11. The fourth-order valence-corrected chi connectivity index (χ4v) is 2.44. The number of nitrogens with zero attached hydrogens (tertiary/aromatic N) is 2. The van der Waals surface area contributed by atoms with Crippen molar-refractivity contribution in [2.75, 3.05) is 0 Å². The third kappa shape index (κ3) is 5.08. The number of benzene rings is 2. The van der Waals surface area contributed by atoms with Crippen LogP contribution in [0.3, 0.4) is 0 Å². The summed E-state index contributed by atoms with van der Waals surface area (Å²) in [5.41, 5.74) is 1.52. The van der Waals surface area contributed by atoms with E-state index in [1.807, 2.05) is 60.7 Å². The van der Waals surface area contributed by atoms with Crippen LogP contribution in [-0.2, 0) is 0 Å². The number of hydrogen-bond acceptors (Lipinski definition) is 4. The van der Waals surface area contributed by atoms with Gasteiger partial charge in [0.25, 0.3) is 11.1 Å². The Morgan fingerprint density at radius 1 is 0.704 bits per heavy atom. The molecular formula is C20H15BrN4O2. The summed E-state index contributed by atoms with van der Waals surface area (Å²) in [5.74, 6) is 1.19. The van der Waals surface area contributed by atoms with Crippen molar-refractivity contribution in [3.8, 4) is 22.8 Å². The number of aromatic nitrogens is 4. The average molecular weight is 423 g/mol. The Morgan fingerprint density at radius 3 is 1.78 bits per heavy atom. The summed E-state index contributed by atoms with van der Waals surface area (Å²) in [5, 5.41) is 0. The van der Waals surface area contributed by atoms with Crippen molar-refractivity contribution in [3.05, 3.63) is 104 Å². The van der Waals surface area contributed by atoms with E-state index in [0.29, 0.717) is 16.1 Å². The molecule has 0 aliphatic carbocycles. The zero-order valence-corrected chi connectivity index (χ0v) is 15.7. The van der Waals surface area contributed by atoms with Gasteiger partial charge in [-0.05, 0) is 15.9 Å². The van der Waals surface area contributed by atoms with E-state index in [4.69, 9.17) is 0 Å². The Hall–Kier alpha value is -3.32. The van der Waals surface area contributed by atoms with Gasteiger partial charge >= 0.3 is 0 Å². The molecule has 0 saturated heterocycles. The number of halogens is 1. The van der Waals surface area contributed by atoms with Gasteiger partial charge in [0.05, 0.1) is 0 Å². The zero-order valence-electron chi connectivity index (χ0n) is 14.1. The molecule has 4 aromatic rings. The van der Waals surface area contributed by atoms with Crippen LogP contribution in [0.1, 0.15) is 0 Å². The van der Waals surface area contributed by atoms with Crippen molar-refractivity contribution in [1.29, 1.82) is 0 Å². The SMILES string of the molecule is O=c1[nH]c(-c2ccccc2)ncc1Br.O=c1ccnc(-c2ccccc2)[nH]1. The van der Waals surface area contributed by atoms with E-state index in [1.54, 1.807) is 0 Å². The maximum Gasteiger partial charge on any atom is 0.265 e. The van der Waals surface area contributed by atoms with Crippen LogP contribution in [-0.4, -0.2) is 19.9 Å². The van der Waals surface area contributed by atoms with Gasteiger partial charge in [0.15, 0.2) is 0 Å². The summed E-state index contributed by atoms with van der Waals surface area (Å²) in [6.45, 7) is 0. The molecule has 0 unspecified atom stereocenters. The third-order valence-electron chi connectivity index (χ3n) is 3.52. The highest BCUT2D eigenvalue weighted by atomic mass is 79.9. The minimum atomic E-state index is -0.168. The summed E-state index contributed by atoms with van der Waals surface area (Å²) in [6, 6.07) is 20.4. The summed E-state index contributed by atoms with van der Waals surface area (Å²) in [4.78, 5) is 35.7. The van der Waals surface area contributed by atoms with E-state index >= 15 is 0 Å². The molecule has 2 N–H and O–H groups in total. The minimum absolute atomic E-state index is 0.131. The molecule has 27 heavy (non-hydrogen) atoms. The second kappa shape index (κ2) is 8.86. The highest BCUT2D eigenvalue weighted by Gasteiger charge is 2.01. The van der Waals surface area contributed by atoms with E-state index in [0.717, 1.165) is 11.1 Å². The van der Waals surface area contributed by atoms with Crippen LogP contribution >= 0.6 is 15.9 Å². The summed E-state index contributed by atoms with van der Waals surface area (Å²) >= 11 is 3.10. The molecule has 2 heterocycles. The molecule has 0 amide bonds. The third-order valence-corrected chi connectivity index (χ3v) is 4.09. The fourth-order valence-electron chi connectivity index (χ4n) is 2.23. The molecule has 2 aromatic carbocycles. The van der Waals surface area contributed by atoms with Crippen molar-refractivity contribution in [2.45, 2.75) is 0 Å². The van der Waals surface area contributed by atoms with E-state index in [2.05, 4.69) is 35.9 Å². The van der Waals surface area contributed by atoms with Gasteiger partial charge in [0.2, 0.25) is 0 Å². The quantitative estimate of drug-likeness (QED) is 0.515. The predicted molar refractivity (Wildman–Crippen MR) is 108 cm³/mol. The van der Waals surface area contributed by atoms with Gasteiger partial charge in [-0.25, -0.2) is 9.97 Å². The number of H-pyrrole nitrogens is 2. The Labute approximate surface area is 163 Å². The van der Waals surface area contributed by atoms with Crippen LogP contribution < -0.4 is 11.1 Å². The molecule has 0 aliphatic rings. The Balaban J connectivity index is 0.000000156. The smallest absolute Gasteiger partial charge is 0.265 e. The van der Waals surface area contributed by atoms with Crippen molar-refractivity contribution >= 4 is 15.9 Å². The second-order valence-electron chi connectivity index (χ2n) is 5.42. The molecule has 134 valence electrons. The van der Waals surface area contributed by atoms with Crippen LogP contribution in [0.25, 0.3) is 22.8 Å². The minimum Gasteiger partial charge on any atom is -0.307 e. The van der Waals surface area contributed by atoms with Gasteiger partial charge in [-0.15, -0.1) is 0 Å².